The Hall–Kier alpha value is -3.10. The Bertz CT molecular complexity index is 1030. The van der Waals surface area contributed by atoms with Crippen LogP contribution in [0.4, 0.5) is 8.78 Å². The van der Waals surface area contributed by atoms with Gasteiger partial charge in [-0.05, 0) is 41.7 Å². The largest absolute Gasteiger partial charge is 0.448 e. The maximum absolute atomic E-state index is 13.6. The van der Waals surface area contributed by atoms with Gasteiger partial charge in [-0.1, -0.05) is 31.2 Å². The maximum atomic E-state index is 13.6. The van der Waals surface area contributed by atoms with E-state index < -0.39 is 29.7 Å². The number of benzene rings is 2. The van der Waals surface area contributed by atoms with Gasteiger partial charge < -0.3 is 20.2 Å². The highest BCUT2D eigenvalue weighted by Crippen LogP contribution is 2.13. The highest BCUT2D eigenvalue weighted by Gasteiger charge is 2.24. The van der Waals surface area contributed by atoms with Crippen molar-refractivity contribution in [2.24, 2.45) is 0 Å². The first-order chi connectivity index (χ1) is 15.3. The van der Waals surface area contributed by atoms with Gasteiger partial charge in [0.15, 0.2) is 11.6 Å². The highest BCUT2D eigenvalue weighted by atomic mass is 19.1. The fourth-order valence-electron chi connectivity index (χ4n) is 3.44. The average Bonchev–Trinajstić information content (AvgIpc) is 3.19. The minimum Gasteiger partial charge on any atom is -0.448 e. The molecule has 0 radical (unpaired) electrons. The van der Waals surface area contributed by atoms with E-state index in [1.54, 1.807) is 6.92 Å². The van der Waals surface area contributed by atoms with E-state index in [9.17, 15) is 18.7 Å². The highest BCUT2D eigenvalue weighted by molar-refractivity contribution is 5.92. The number of hydrogen-bond acceptors (Lipinski definition) is 5. The van der Waals surface area contributed by atoms with Gasteiger partial charge in [-0.2, -0.15) is 0 Å². The zero-order chi connectivity index (χ0) is 23.1. The number of nitrogens with one attached hydrogen (secondary N) is 2. The molecule has 2 aromatic carbocycles. The van der Waals surface area contributed by atoms with Gasteiger partial charge in [0.05, 0.1) is 12.1 Å². The fourth-order valence-corrected chi connectivity index (χ4v) is 3.44. The third-order valence-electron chi connectivity index (χ3n) is 5.09. The van der Waals surface area contributed by atoms with Gasteiger partial charge in [0.25, 0.3) is 5.91 Å². The van der Waals surface area contributed by atoms with Crippen molar-refractivity contribution >= 4 is 5.91 Å². The quantitative estimate of drug-likeness (QED) is 0.448. The zero-order valence-corrected chi connectivity index (χ0v) is 18.1. The minimum absolute atomic E-state index is 0.0332. The number of rotatable bonds is 10. The third-order valence-corrected chi connectivity index (χ3v) is 5.09. The van der Waals surface area contributed by atoms with Crippen LogP contribution in [0.25, 0.3) is 0 Å². The predicted molar refractivity (Wildman–Crippen MR) is 116 cm³/mol. The topological polar surface area (TPSA) is 87.4 Å². The molecular formula is C24H27F2N3O3. The first kappa shape index (κ1) is 23.6. The number of oxazole rings is 1. The number of carbonyl (C=O) groups is 1. The van der Waals surface area contributed by atoms with Crippen LogP contribution in [0.1, 0.15) is 40.0 Å². The van der Waals surface area contributed by atoms with E-state index in [1.165, 1.54) is 24.0 Å². The lowest BCUT2D eigenvalue weighted by atomic mass is 10.00. The number of aryl methyl sites for hydroxylation is 2. The second-order valence-corrected chi connectivity index (χ2v) is 7.69. The van der Waals surface area contributed by atoms with Gasteiger partial charge in [0, 0.05) is 26.1 Å². The molecule has 3 rings (SSSR count). The lowest BCUT2D eigenvalue weighted by molar-refractivity contribution is 0.0825. The Balaban J connectivity index is 1.68. The van der Waals surface area contributed by atoms with Crippen LogP contribution in [0, 0.1) is 18.6 Å². The molecule has 8 heteroatoms. The van der Waals surface area contributed by atoms with Crippen LogP contribution in [0.15, 0.2) is 53.1 Å². The summed E-state index contributed by atoms with van der Waals surface area (Å²) in [6.07, 6.45) is 1.16. The van der Waals surface area contributed by atoms with E-state index in [0.717, 1.165) is 18.1 Å². The Kier molecular flexibility index (Phi) is 8.08. The van der Waals surface area contributed by atoms with Crippen molar-refractivity contribution in [3.8, 4) is 0 Å². The molecule has 1 amide bonds. The lowest BCUT2D eigenvalue weighted by Gasteiger charge is -2.24. The average molecular weight is 443 g/mol. The van der Waals surface area contributed by atoms with Crippen molar-refractivity contribution in [1.29, 1.82) is 0 Å². The Morgan fingerprint density at radius 1 is 1.12 bits per heavy atom. The molecule has 0 unspecified atom stereocenters. The maximum Gasteiger partial charge on any atom is 0.273 e. The van der Waals surface area contributed by atoms with Crippen LogP contribution < -0.4 is 10.6 Å². The summed E-state index contributed by atoms with van der Waals surface area (Å²) in [6, 6.07) is 10.4. The van der Waals surface area contributed by atoms with Gasteiger partial charge in [-0.25, -0.2) is 13.8 Å². The summed E-state index contributed by atoms with van der Waals surface area (Å²) >= 11 is 0. The molecule has 0 bridgehead atoms. The van der Waals surface area contributed by atoms with Crippen molar-refractivity contribution < 1.29 is 23.1 Å². The van der Waals surface area contributed by atoms with E-state index in [4.69, 9.17) is 4.42 Å². The van der Waals surface area contributed by atoms with Crippen LogP contribution >= 0.6 is 0 Å². The van der Waals surface area contributed by atoms with Crippen LogP contribution in [0.3, 0.4) is 0 Å². The summed E-state index contributed by atoms with van der Waals surface area (Å²) in [5.41, 5.74) is 2.67. The second kappa shape index (κ2) is 11.0. The van der Waals surface area contributed by atoms with Gasteiger partial charge in [-0.15, -0.1) is 0 Å². The molecule has 3 aromatic rings. The van der Waals surface area contributed by atoms with Gasteiger partial charge in [0.1, 0.15) is 17.9 Å². The number of carbonyl (C=O) groups excluding carboxylic acids is 1. The van der Waals surface area contributed by atoms with E-state index in [0.29, 0.717) is 18.0 Å². The van der Waals surface area contributed by atoms with Crippen LogP contribution in [-0.2, 0) is 19.4 Å². The van der Waals surface area contributed by atoms with Crippen LogP contribution in [0.5, 0.6) is 0 Å². The van der Waals surface area contributed by atoms with Crippen LogP contribution in [-0.4, -0.2) is 34.7 Å². The minimum atomic E-state index is -1.02. The molecule has 1 heterocycles. The summed E-state index contributed by atoms with van der Waals surface area (Å²) in [5, 5.41) is 16.7. The number of halogens is 2. The fraction of sp³-hybridized carbons (Fsp3) is 0.333. The molecule has 0 spiro atoms. The molecule has 0 aliphatic carbocycles. The molecule has 0 aliphatic rings. The molecule has 3 N–H and O–H groups in total. The molecule has 6 nitrogen and oxygen atoms in total. The number of nitrogens with zero attached hydrogens (tertiary/aromatic N) is 1. The van der Waals surface area contributed by atoms with Crippen molar-refractivity contribution in [3.63, 3.8) is 0 Å². The molecule has 0 saturated carbocycles. The van der Waals surface area contributed by atoms with E-state index >= 15 is 0 Å². The SMILES string of the molecule is CCc1cccc(CNC[C@H](O)[C@H](Cc2cc(F)cc(F)c2)NC(=O)c2coc(C)n2)c1. The third kappa shape index (κ3) is 6.70. The van der Waals surface area contributed by atoms with E-state index in [2.05, 4.69) is 28.6 Å². The second-order valence-electron chi connectivity index (χ2n) is 7.69. The summed E-state index contributed by atoms with van der Waals surface area (Å²) in [4.78, 5) is 16.5. The van der Waals surface area contributed by atoms with Crippen LogP contribution in [0.2, 0.25) is 0 Å². The van der Waals surface area contributed by atoms with Crippen molar-refractivity contribution in [2.75, 3.05) is 6.54 Å². The molecule has 170 valence electrons. The number of hydrogen-bond donors (Lipinski definition) is 3. The lowest BCUT2D eigenvalue weighted by Crippen LogP contribution is -2.48. The normalized spacial score (nSPS) is 13.0. The molecule has 1 aromatic heterocycles. The Morgan fingerprint density at radius 3 is 2.50 bits per heavy atom. The Morgan fingerprint density at radius 2 is 1.84 bits per heavy atom. The van der Waals surface area contributed by atoms with Gasteiger partial charge >= 0.3 is 0 Å². The monoisotopic (exact) mass is 443 g/mol. The first-order valence-corrected chi connectivity index (χ1v) is 10.5. The number of aliphatic hydroxyl groups is 1. The smallest absolute Gasteiger partial charge is 0.273 e. The molecule has 0 fully saturated rings. The standard InChI is InChI=1S/C24H27F2N3O3/c1-3-16-5-4-6-17(7-16)12-27-13-23(30)21(10-18-8-19(25)11-20(26)9-18)29-24(31)22-14-32-15(2)28-22/h4-9,11,14,21,23,27,30H,3,10,12-13H2,1-2H3,(H,29,31)/t21-,23-/m0/s1. The molecule has 0 saturated heterocycles. The first-order valence-electron chi connectivity index (χ1n) is 10.5. The zero-order valence-electron chi connectivity index (χ0n) is 18.1. The van der Waals surface area contributed by atoms with Crippen molar-refractivity contribution in [2.45, 2.75) is 45.4 Å². The molecule has 0 aliphatic heterocycles. The number of amides is 1. The van der Waals surface area contributed by atoms with Gasteiger partial charge in [-0.3, -0.25) is 4.79 Å². The summed E-state index contributed by atoms with van der Waals surface area (Å²) in [7, 11) is 0. The molecule has 32 heavy (non-hydrogen) atoms. The molecule has 2 atom stereocenters. The predicted octanol–water partition coefficient (Wildman–Crippen LogP) is 3.32. The number of aliphatic hydroxyl groups excluding tert-OH is 1. The summed E-state index contributed by atoms with van der Waals surface area (Å²) in [5.74, 6) is -1.66. The number of aromatic nitrogens is 1. The van der Waals surface area contributed by atoms with E-state index in [-0.39, 0.29) is 18.7 Å². The summed E-state index contributed by atoms with van der Waals surface area (Å²) in [6.45, 7) is 4.38. The Labute approximate surface area is 185 Å². The van der Waals surface area contributed by atoms with Gasteiger partial charge in [0.2, 0.25) is 0 Å². The molecular weight excluding hydrogens is 416 g/mol. The van der Waals surface area contributed by atoms with Crippen molar-refractivity contribution in [1.82, 2.24) is 15.6 Å². The van der Waals surface area contributed by atoms with E-state index in [1.807, 2.05) is 18.2 Å². The summed E-state index contributed by atoms with van der Waals surface area (Å²) < 4.78 is 32.3. The van der Waals surface area contributed by atoms with Crippen molar-refractivity contribution in [3.05, 3.63) is 88.6 Å².